The Balaban J connectivity index is 2.42. The van der Waals surface area contributed by atoms with Gasteiger partial charge in [0.15, 0.2) is 17.4 Å². The van der Waals surface area contributed by atoms with E-state index in [9.17, 15) is 13.6 Å². The number of nitrogen functional groups attached to an aromatic ring is 1. The minimum atomic E-state index is -1.23. The van der Waals surface area contributed by atoms with Crippen molar-refractivity contribution in [2.24, 2.45) is 0 Å². The number of aromatic carboxylic acids is 1. The first kappa shape index (κ1) is 12.8. The van der Waals surface area contributed by atoms with E-state index < -0.39 is 17.6 Å². The van der Waals surface area contributed by atoms with Crippen molar-refractivity contribution in [3.8, 4) is 11.5 Å². The van der Waals surface area contributed by atoms with Crippen LogP contribution in [0.25, 0.3) is 0 Å². The van der Waals surface area contributed by atoms with Crippen molar-refractivity contribution in [1.82, 2.24) is 0 Å². The normalized spacial score (nSPS) is 10.2. The molecule has 0 bridgehead atoms. The summed E-state index contributed by atoms with van der Waals surface area (Å²) in [5.74, 6) is -3.50. The van der Waals surface area contributed by atoms with Crippen LogP contribution in [0.5, 0.6) is 11.5 Å². The van der Waals surface area contributed by atoms with Crippen LogP contribution in [-0.4, -0.2) is 11.1 Å². The van der Waals surface area contributed by atoms with Crippen molar-refractivity contribution in [2.45, 2.75) is 0 Å². The quantitative estimate of drug-likeness (QED) is 0.836. The molecule has 0 aliphatic carbocycles. The van der Waals surface area contributed by atoms with Gasteiger partial charge < -0.3 is 15.6 Å². The third-order valence-electron chi connectivity index (χ3n) is 2.39. The molecule has 0 saturated heterocycles. The van der Waals surface area contributed by atoms with E-state index in [1.807, 2.05) is 0 Å². The molecule has 6 heteroatoms. The van der Waals surface area contributed by atoms with Gasteiger partial charge in [-0.05, 0) is 24.3 Å². The summed E-state index contributed by atoms with van der Waals surface area (Å²) in [6, 6.07) is 7.07. The Labute approximate surface area is 107 Å². The zero-order valence-corrected chi connectivity index (χ0v) is 9.56. The molecule has 2 aromatic carbocycles. The van der Waals surface area contributed by atoms with Gasteiger partial charge in [0.05, 0.1) is 5.69 Å². The predicted molar refractivity (Wildman–Crippen MR) is 64.2 cm³/mol. The number of hydrogen-bond acceptors (Lipinski definition) is 3. The minimum absolute atomic E-state index is 0.0423. The Hall–Kier alpha value is -2.63. The summed E-state index contributed by atoms with van der Waals surface area (Å²) in [6.07, 6.45) is 0. The number of anilines is 1. The highest BCUT2D eigenvalue weighted by atomic mass is 19.2. The van der Waals surface area contributed by atoms with E-state index >= 15 is 0 Å². The fourth-order valence-corrected chi connectivity index (χ4v) is 1.50. The van der Waals surface area contributed by atoms with Crippen molar-refractivity contribution in [3.63, 3.8) is 0 Å². The number of halogens is 2. The van der Waals surface area contributed by atoms with Gasteiger partial charge in [-0.15, -0.1) is 0 Å². The van der Waals surface area contributed by atoms with Gasteiger partial charge in [0.2, 0.25) is 0 Å². The fraction of sp³-hybridized carbons (Fsp3) is 0. The molecule has 0 fully saturated rings. The van der Waals surface area contributed by atoms with Gasteiger partial charge in [-0.25, -0.2) is 13.6 Å². The molecule has 4 nitrogen and oxygen atoms in total. The number of hydrogen-bond donors (Lipinski definition) is 2. The van der Waals surface area contributed by atoms with E-state index in [1.165, 1.54) is 24.3 Å². The summed E-state index contributed by atoms with van der Waals surface area (Å²) < 4.78 is 31.0. The zero-order chi connectivity index (χ0) is 14.0. The van der Waals surface area contributed by atoms with Crippen LogP contribution < -0.4 is 10.5 Å². The number of para-hydroxylation sites is 1. The number of nitrogens with two attached hydrogens (primary N) is 1. The van der Waals surface area contributed by atoms with Crippen molar-refractivity contribution >= 4 is 11.7 Å². The average Bonchev–Trinajstić information content (AvgIpc) is 2.36. The summed E-state index contributed by atoms with van der Waals surface area (Å²) in [5, 5.41) is 9.00. The first-order valence-corrected chi connectivity index (χ1v) is 5.23. The Morgan fingerprint density at radius 3 is 2.53 bits per heavy atom. The fourth-order valence-electron chi connectivity index (χ4n) is 1.50. The van der Waals surface area contributed by atoms with Crippen LogP contribution in [0, 0.1) is 11.6 Å². The van der Waals surface area contributed by atoms with Crippen LogP contribution in [0.2, 0.25) is 0 Å². The molecule has 0 amide bonds. The monoisotopic (exact) mass is 265 g/mol. The molecule has 0 aliphatic rings. The second-order valence-electron chi connectivity index (χ2n) is 3.71. The third kappa shape index (κ3) is 2.62. The van der Waals surface area contributed by atoms with Gasteiger partial charge in [-0.3, -0.25) is 0 Å². The number of carboxylic acid groups (broad SMARTS) is 1. The van der Waals surface area contributed by atoms with Crippen molar-refractivity contribution in [1.29, 1.82) is 0 Å². The summed E-state index contributed by atoms with van der Waals surface area (Å²) in [4.78, 5) is 11.0. The Morgan fingerprint density at radius 2 is 1.89 bits per heavy atom. The molecule has 0 radical (unpaired) electrons. The van der Waals surface area contributed by atoms with Gasteiger partial charge in [0.1, 0.15) is 11.3 Å². The molecule has 2 aromatic rings. The van der Waals surface area contributed by atoms with Crippen LogP contribution in [0.1, 0.15) is 10.4 Å². The standard InChI is InChI=1S/C13H9F2NO3/c14-9-5-4-7(6-10(9)15)19-12-8(13(17)18)2-1-3-11(12)16/h1-6H,16H2,(H,17,18). The topological polar surface area (TPSA) is 72.6 Å². The van der Waals surface area contributed by atoms with Crippen LogP contribution in [0.4, 0.5) is 14.5 Å². The number of ether oxygens (including phenoxy) is 1. The van der Waals surface area contributed by atoms with Crippen LogP contribution in [0.15, 0.2) is 36.4 Å². The average molecular weight is 265 g/mol. The van der Waals surface area contributed by atoms with E-state index in [2.05, 4.69) is 0 Å². The smallest absolute Gasteiger partial charge is 0.339 e. The molecule has 98 valence electrons. The van der Waals surface area contributed by atoms with E-state index in [1.54, 1.807) is 0 Å². The minimum Gasteiger partial charge on any atom is -0.478 e. The van der Waals surface area contributed by atoms with E-state index in [-0.39, 0.29) is 22.7 Å². The molecule has 19 heavy (non-hydrogen) atoms. The second-order valence-corrected chi connectivity index (χ2v) is 3.71. The molecule has 3 N–H and O–H groups in total. The van der Waals surface area contributed by atoms with Crippen molar-refractivity contribution in [3.05, 3.63) is 53.6 Å². The molecule has 0 aromatic heterocycles. The van der Waals surface area contributed by atoms with Gasteiger partial charge in [-0.2, -0.15) is 0 Å². The third-order valence-corrected chi connectivity index (χ3v) is 2.39. The van der Waals surface area contributed by atoms with Gasteiger partial charge in [0.25, 0.3) is 0 Å². The maximum Gasteiger partial charge on any atom is 0.339 e. The molecule has 0 saturated carbocycles. The molecule has 0 spiro atoms. The second kappa shape index (κ2) is 4.93. The largest absolute Gasteiger partial charge is 0.478 e. The Bertz CT molecular complexity index is 644. The molecule has 0 unspecified atom stereocenters. The molecular weight excluding hydrogens is 256 g/mol. The van der Waals surface area contributed by atoms with E-state index in [0.717, 1.165) is 12.1 Å². The lowest BCUT2D eigenvalue weighted by Crippen LogP contribution is -2.03. The van der Waals surface area contributed by atoms with Crippen LogP contribution in [-0.2, 0) is 0 Å². The highest BCUT2D eigenvalue weighted by Crippen LogP contribution is 2.31. The summed E-state index contributed by atoms with van der Waals surface area (Å²) >= 11 is 0. The first-order valence-electron chi connectivity index (χ1n) is 5.23. The number of carbonyl (C=O) groups is 1. The molecule has 0 aliphatic heterocycles. The Kier molecular flexibility index (Phi) is 3.33. The highest BCUT2D eigenvalue weighted by Gasteiger charge is 2.15. The van der Waals surface area contributed by atoms with E-state index in [4.69, 9.17) is 15.6 Å². The summed E-state index contributed by atoms with van der Waals surface area (Å²) in [7, 11) is 0. The van der Waals surface area contributed by atoms with Gasteiger partial charge in [0, 0.05) is 6.07 Å². The maximum absolute atomic E-state index is 13.0. The molecular formula is C13H9F2NO3. The number of benzene rings is 2. The SMILES string of the molecule is Nc1cccc(C(=O)O)c1Oc1ccc(F)c(F)c1. The van der Waals surface area contributed by atoms with Crippen LogP contribution >= 0.6 is 0 Å². The summed E-state index contributed by atoms with van der Waals surface area (Å²) in [6.45, 7) is 0. The van der Waals surface area contributed by atoms with Gasteiger partial charge in [-0.1, -0.05) is 6.07 Å². The lowest BCUT2D eigenvalue weighted by Gasteiger charge is -2.11. The highest BCUT2D eigenvalue weighted by molar-refractivity contribution is 5.93. The molecule has 0 atom stereocenters. The first-order chi connectivity index (χ1) is 8.99. The summed E-state index contributed by atoms with van der Waals surface area (Å²) in [5.41, 5.74) is 5.54. The van der Waals surface area contributed by atoms with Crippen molar-refractivity contribution in [2.75, 3.05) is 5.73 Å². The maximum atomic E-state index is 13.0. The lowest BCUT2D eigenvalue weighted by atomic mass is 10.1. The molecule has 2 rings (SSSR count). The van der Waals surface area contributed by atoms with Gasteiger partial charge >= 0.3 is 5.97 Å². The zero-order valence-electron chi connectivity index (χ0n) is 9.56. The number of rotatable bonds is 3. The predicted octanol–water partition coefficient (Wildman–Crippen LogP) is 3.04. The number of carboxylic acids is 1. The van der Waals surface area contributed by atoms with Crippen LogP contribution in [0.3, 0.4) is 0 Å². The Morgan fingerprint density at radius 1 is 1.16 bits per heavy atom. The van der Waals surface area contributed by atoms with E-state index in [0.29, 0.717) is 0 Å². The van der Waals surface area contributed by atoms with Crippen molar-refractivity contribution < 1.29 is 23.4 Å². The molecule has 0 heterocycles. The lowest BCUT2D eigenvalue weighted by molar-refractivity contribution is 0.0694.